The molecule has 1 aliphatic carbocycles. The average molecular weight is 187 g/mol. The van der Waals surface area contributed by atoms with Crippen LogP contribution in [0.4, 0.5) is 0 Å². The largest absolute Gasteiger partial charge is 0.197 e. The highest BCUT2D eigenvalue weighted by Gasteiger charge is 2.38. The van der Waals surface area contributed by atoms with Crippen LogP contribution >= 0.6 is 0 Å². The fraction of sp³-hybridized carbons (Fsp3) is 0.462. The average Bonchev–Trinajstić information content (AvgIpc) is 2.22. The molecule has 0 saturated heterocycles. The molecule has 0 aromatic heterocycles. The van der Waals surface area contributed by atoms with Gasteiger partial charge in [-0.25, -0.2) is 0 Å². The van der Waals surface area contributed by atoms with E-state index in [9.17, 15) is 0 Å². The molecule has 1 fully saturated rings. The third-order valence-corrected chi connectivity index (χ3v) is 2.75. The van der Waals surface area contributed by atoms with Crippen molar-refractivity contribution in [3.05, 3.63) is 35.9 Å². The van der Waals surface area contributed by atoms with E-state index in [1.807, 2.05) is 32.0 Å². The van der Waals surface area contributed by atoms with Gasteiger partial charge in [-0.1, -0.05) is 44.2 Å². The molecule has 1 heteroatoms. The molecule has 0 radical (unpaired) electrons. The summed E-state index contributed by atoms with van der Waals surface area (Å²) in [5.74, 6) is 0. The van der Waals surface area contributed by atoms with Gasteiger partial charge in [0.1, 0.15) is 0 Å². The van der Waals surface area contributed by atoms with Gasteiger partial charge in [-0.2, -0.15) is 5.26 Å². The number of benzene rings is 1. The van der Waals surface area contributed by atoms with Crippen molar-refractivity contribution in [2.75, 3.05) is 0 Å². The Morgan fingerprint density at radius 3 is 2.07 bits per heavy atom. The number of nitriles is 1. The van der Waals surface area contributed by atoms with Gasteiger partial charge in [-0.15, -0.1) is 0 Å². The molecule has 0 spiro atoms. The first kappa shape index (κ1) is 10.8. The minimum atomic E-state index is -0.138. The van der Waals surface area contributed by atoms with Crippen LogP contribution in [0.2, 0.25) is 0 Å². The minimum absolute atomic E-state index is 0.138. The lowest BCUT2D eigenvalue weighted by Crippen LogP contribution is -2.32. The van der Waals surface area contributed by atoms with Crippen molar-refractivity contribution in [2.24, 2.45) is 0 Å². The molecule has 14 heavy (non-hydrogen) atoms. The molecule has 1 aliphatic rings. The van der Waals surface area contributed by atoms with E-state index in [0.717, 1.165) is 12.8 Å². The normalized spacial score (nSPS) is 16.9. The summed E-state index contributed by atoms with van der Waals surface area (Å²) < 4.78 is 0. The molecule has 1 aromatic carbocycles. The van der Waals surface area contributed by atoms with Crippen LogP contribution in [0, 0.1) is 11.3 Å². The van der Waals surface area contributed by atoms with Gasteiger partial charge in [0.2, 0.25) is 0 Å². The lowest BCUT2D eigenvalue weighted by molar-refractivity contribution is 0.324. The second-order valence-electron chi connectivity index (χ2n) is 3.41. The molecule has 0 N–H and O–H groups in total. The molecule has 0 heterocycles. The molecule has 74 valence electrons. The zero-order chi connectivity index (χ0) is 10.4. The monoisotopic (exact) mass is 187 g/mol. The predicted molar refractivity (Wildman–Crippen MR) is 58.9 cm³/mol. The highest BCUT2D eigenvalue weighted by atomic mass is 14.4. The number of nitrogens with zero attached hydrogens (tertiary/aromatic N) is 1. The fourth-order valence-corrected chi connectivity index (χ4v) is 1.75. The van der Waals surface area contributed by atoms with E-state index in [-0.39, 0.29) is 5.41 Å². The summed E-state index contributed by atoms with van der Waals surface area (Å²) in [6.07, 6.45) is 3.27. The molecule has 0 unspecified atom stereocenters. The van der Waals surface area contributed by atoms with Gasteiger partial charge in [-0.05, 0) is 24.8 Å². The van der Waals surface area contributed by atoms with Gasteiger partial charge >= 0.3 is 0 Å². The third-order valence-electron chi connectivity index (χ3n) is 2.75. The molecule has 0 aliphatic heterocycles. The van der Waals surface area contributed by atoms with Gasteiger partial charge in [0, 0.05) is 0 Å². The molecular formula is C13H17N. The Hall–Kier alpha value is -1.29. The van der Waals surface area contributed by atoms with Crippen LogP contribution in [0.15, 0.2) is 30.3 Å². The van der Waals surface area contributed by atoms with Crippen LogP contribution in [-0.4, -0.2) is 0 Å². The van der Waals surface area contributed by atoms with Gasteiger partial charge in [0.05, 0.1) is 11.5 Å². The molecule has 1 aromatic rings. The first-order chi connectivity index (χ1) is 6.87. The van der Waals surface area contributed by atoms with E-state index in [0.29, 0.717) is 0 Å². The molecule has 0 bridgehead atoms. The first-order valence-corrected chi connectivity index (χ1v) is 5.34. The van der Waals surface area contributed by atoms with E-state index in [1.165, 1.54) is 12.0 Å². The minimum Gasteiger partial charge on any atom is -0.197 e. The number of rotatable bonds is 1. The summed E-state index contributed by atoms with van der Waals surface area (Å²) >= 11 is 0. The fourth-order valence-electron chi connectivity index (χ4n) is 1.75. The van der Waals surface area contributed by atoms with Crippen LogP contribution in [-0.2, 0) is 5.41 Å². The summed E-state index contributed by atoms with van der Waals surface area (Å²) in [7, 11) is 0. The topological polar surface area (TPSA) is 23.8 Å². The standard InChI is InChI=1S/C11H11N.C2H6/c12-9-11(7-4-8-11)10-5-2-1-3-6-10;1-2/h1-3,5-6H,4,7-8H2;1-2H3. The molecule has 1 nitrogen and oxygen atoms in total. The van der Waals surface area contributed by atoms with Crippen molar-refractivity contribution >= 4 is 0 Å². The molecule has 2 rings (SSSR count). The quantitative estimate of drug-likeness (QED) is 0.658. The van der Waals surface area contributed by atoms with Gasteiger partial charge < -0.3 is 0 Å². The molecular weight excluding hydrogens is 170 g/mol. The van der Waals surface area contributed by atoms with Crippen LogP contribution in [0.5, 0.6) is 0 Å². The van der Waals surface area contributed by atoms with Crippen LogP contribution in [0.1, 0.15) is 38.7 Å². The van der Waals surface area contributed by atoms with E-state index < -0.39 is 0 Å². The molecule has 0 atom stereocenters. The lowest BCUT2D eigenvalue weighted by atomic mass is 9.66. The van der Waals surface area contributed by atoms with Crippen molar-refractivity contribution in [3.8, 4) is 6.07 Å². The number of hydrogen-bond acceptors (Lipinski definition) is 1. The Morgan fingerprint density at radius 2 is 1.71 bits per heavy atom. The van der Waals surface area contributed by atoms with Crippen molar-refractivity contribution in [1.82, 2.24) is 0 Å². The van der Waals surface area contributed by atoms with E-state index in [1.54, 1.807) is 0 Å². The van der Waals surface area contributed by atoms with Crippen molar-refractivity contribution < 1.29 is 0 Å². The number of hydrogen-bond donors (Lipinski definition) is 0. The van der Waals surface area contributed by atoms with Crippen molar-refractivity contribution in [2.45, 2.75) is 38.5 Å². The summed E-state index contributed by atoms with van der Waals surface area (Å²) in [5.41, 5.74) is 1.06. The van der Waals surface area contributed by atoms with Crippen LogP contribution in [0.3, 0.4) is 0 Å². The van der Waals surface area contributed by atoms with Gasteiger partial charge in [0.15, 0.2) is 0 Å². The Kier molecular flexibility index (Phi) is 3.71. The third kappa shape index (κ3) is 1.80. The highest BCUT2D eigenvalue weighted by Crippen LogP contribution is 2.42. The Balaban J connectivity index is 0.000000461. The summed E-state index contributed by atoms with van der Waals surface area (Å²) in [4.78, 5) is 0. The summed E-state index contributed by atoms with van der Waals surface area (Å²) in [5, 5.41) is 9.04. The van der Waals surface area contributed by atoms with Gasteiger partial charge in [-0.3, -0.25) is 0 Å². The summed E-state index contributed by atoms with van der Waals surface area (Å²) in [6, 6.07) is 12.6. The molecule has 1 saturated carbocycles. The lowest BCUT2D eigenvalue weighted by Gasteiger charge is -2.35. The predicted octanol–water partition coefficient (Wildman–Crippen LogP) is 3.66. The van der Waals surface area contributed by atoms with Crippen molar-refractivity contribution in [3.63, 3.8) is 0 Å². The zero-order valence-corrected chi connectivity index (χ0v) is 8.96. The SMILES string of the molecule is CC.N#CC1(c2ccccc2)CCC1. The van der Waals surface area contributed by atoms with E-state index >= 15 is 0 Å². The maximum atomic E-state index is 9.04. The van der Waals surface area contributed by atoms with E-state index in [2.05, 4.69) is 18.2 Å². The van der Waals surface area contributed by atoms with E-state index in [4.69, 9.17) is 5.26 Å². The second kappa shape index (κ2) is 4.81. The second-order valence-corrected chi connectivity index (χ2v) is 3.41. The highest BCUT2D eigenvalue weighted by molar-refractivity contribution is 5.34. The van der Waals surface area contributed by atoms with Crippen LogP contribution in [0.25, 0.3) is 0 Å². The molecule has 0 amide bonds. The van der Waals surface area contributed by atoms with Gasteiger partial charge in [0.25, 0.3) is 0 Å². The van der Waals surface area contributed by atoms with Crippen LogP contribution < -0.4 is 0 Å². The smallest absolute Gasteiger partial charge is 0.0822 e. The Bertz CT molecular complexity index is 304. The Labute approximate surface area is 86.4 Å². The Morgan fingerprint density at radius 1 is 1.14 bits per heavy atom. The zero-order valence-electron chi connectivity index (χ0n) is 8.96. The summed E-state index contributed by atoms with van der Waals surface area (Å²) in [6.45, 7) is 4.00. The maximum Gasteiger partial charge on any atom is 0.0822 e. The maximum absolute atomic E-state index is 9.04. The van der Waals surface area contributed by atoms with Crippen molar-refractivity contribution in [1.29, 1.82) is 5.26 Å². The first-order valence-electron chi connectivity index (χ1n) is 5.34.